The Kier molecular flexibility index (Phi) is 5.22. The molecule has 0 bridgehead atoms. The molecule has 1 aliphatic rings. The minimum Gasteiger partial charge on any atom is -0.379 e. The Morgan fingerprint density at radius 2 is 2.14 bits per heavy atom. The number of carbonyl (C=O) groups excluding carboxylic acids is 2. The van der Waals surface area contributed by atoms with Crippen molar-refractivity contribution in [2.45, 2.75) is 39.7 Å². The molecule has 0 spiro atoms. The van der Waals surface area contributed by atoms with Gasteiger partial charge in [-0.3, -0.25) is 9.89 Å². The van der Waals surface area contributed by atoms with E-state index in [4.69, 9.17) is 10.5 Å². The Bertz CT molecular complexity index is 976. The number of anilines is 1. The SMILES string of the molecule is C=O.C[C@H]1CC[C@@H](Nc2c(C(N)=O)cnn3cc(-c4ccn[nH]4)cc23)C1(C)C. The number of nitrogens with zero attached hydrogens (tertiary/aromatic N) is 3. The summed E-state index contributed by atoms with van der Waals surface area (Å²) in [4.78, 5) is 20.0. The van der Waals surface area contributed by atoms with Crippen molar-refractivity contribution in [3.63, 3.8) is 0 Å². The molecule has 148 valence electrons. The second kappa shape index (κ2) is 7.46. The third-order valence-corrected chi connectivity index (χ3v) is 6.09. The van der Waals surface area contributed by atoms with Crippen LogP contribution in [-0.2, 0) is 4.79 Å². The molecule has 0 radical (unpaired) electrons. The van der Waals surface area contributed by atoms with Gasteiger partial charge in [0, 0.05) is 24.0 Å². The highest BCUT2D eigenvalue weighted by molar-refractivity contribution is 6.02. The first-order chi connectivity index (χ1) is 13.4. The highest BCUT2D eigenvalue weighted by Crippen LogP contribution is 2.44. The van der Waals surface area contributed by atoms with Crippen LogP contribution in [0, 0.1) is 11.3 Å². The molecule has 8 nitrogen and oxygen atoms in total. The van der Waals surface area contributed by atoms with E-state index in [-0.39, 0.29) is 11.5 Å². The fourth-order valence-corrected chi connectivity index (χ4v) is 3.90. The third kappa shape index (κ3) is 3.26. The van der Waals surface area contributed by atoms with Crippen molar-refractivity contribution in [2.24, 2.45) is 17.1 Å². The minimum atomic E-state index is -0.476. The van der Waals surface area contributed by atoms with Crippen molar-refractivity contribution >= 4 is 23.9 Å². The van der Waals surface area contributed by atoms with E-state index in [1.165, 1.54) is 6.42 Å². The fourth-order valence-electron chi connectivity index (χ4n) is 3.90. The molecule has 0 saturated heterocycles. The molecule has 1 saturated carbocycles. The summed E-state index contributed by atoms with van der Waals surface area (Å²) in [5, 5.41) is 14.9. The lowest BCUT2D eigenvalue weighted by Crippen LogP contribution is -2.35. The van der Waals surface area contributed by atoms with Crippen LogP contribution in [0.3, 0.4) is 0 Å². The number of H-pyrrole nitrogens is 1. The number of aromatic nitrogens is 4. The lowest BCUT2D eigenvalue weighted by atomic mass is 9.80. The third-order valence-electron chi connectivity index (χ3n) is 6.09. The summed E-state index contributed by atoms with van der Waals surface area (Å²) in [6.45, 7) is 8.84. The normalized spacial score (nSPS) is 20.5. The van der Waals surface area contributed by atoms with E-state index in [9.17, 15) is 4.79 Å². The van der Waals surface area contributed by atoms with Gasteiger partial charge in [0.25, 0.3) is 5.91 Å². The maximum Gasteiger partial charge on any atom is 0.252 e. The van der Waals surface area contributed by atoms with Gasteiger partial charge in [-0.25, -0.2) is 4.52 Å². The molecule has 3 aromatic heterocycles. The average molecular weight is 382 g/mol. The summed E-state index contributed by atoms with van der Waals surface area (Å²) in [5.41, 5.74) is 9.63. The Morgan fingerprint density at radius 3 is 2.71 bits per heavy atom. The molecule has 4 N–H and O–H groups in total. The topological polar surface area (TPSA) is 118 Å². The van der Waals surface area contributed by atoms with Crippen LogP contribution in [0.15, 0.2) is 30.7 Å². The van der Waals surface area contributed by atoms with Crippen LogP contribution in [0.25, 0.3) is 16.8 Å². The van der Waals surface area contributed by atoms with Crippen molar-refractivity contribution in [3.05, 3.63) is 36.3 Å². The van der Waals surface area contributed by atoms with Crippen LogP contribution in [0.1, 0.15) is 44.0 Å². The van der Waals surface area contributed by atoms with E-state index in [1.54, 1.807) is 16.9 Å². The number of rotatable bonds is 4. The first-order valence-corrected chi connectivity index (χ1v) is 9.24. The maximum atomic E-state index is 12.0. The molecule has 3 heterocycles. The molecule has 1 fully saturated rings. The monoisotopic (exact) mass is 382 g/mol. The molecule has 8 heteroatoms. The highest BCUT2D eigenvalue weighted by Gasteiger charge is 2.41. The van der Waals surface area contributed by atoms with Crippen molar-refractivity contribution < 1.29 is 9.59 Å². The molecular weight excluding hydrogens is 356 g/mol. The number of fused-ring (bicyclic) bond motifs is 1. The van der Waals surface area contributed by atoms with Crippen LogP contribution >= 0.6 is 0 Å². The molecule has 1 amide bonds. The maximum absolute atomic E-state index is 12.0. The van der Waals surface area contributed by atoms with Crippen LogP contribution < -0.4 is 11.1 Å². The summed E-state index contributed by atoms with van der Waals surface area (Å²) in [7, 11) is 0. The van der Waals surface area contributed by atoms with Gasteiger partial charge in [0.2, 0.25) is 0 Å². The van der Waals surface area contributed by atoms with Gasteiger partial charge < -0.3 is 15.8 Å². The van der Waals surface area contributed by atoms with Gasteiger partial charge in [-0.05, 0) is 36.3 Å². The standard InChI is InChI=1S/C19H24N6O.CH2O/c1-11-4-5-16(19(11,2)3)23-17-13(18(20)26)9-22-25-10-12(8-15(17)25)14-6-7-21-24-14;1-2/h6-11,16,23H,4-5H2,1-3H3,(H2,20,26)(H,21,24);1H2/t11-,16+;/m0./s1. The number of aromatic amines is 1. The summed E-state index contributed by atoms with van der Waals surface area (Å²) in [6, 6.07) is 4.17. The Morgan fingerprint density at radius 1 is 1.39 bits per heavy atom. The van der Waals surface area contributed by atoms with Gasteiger partial charge in [-0.1, -0.05) is 20.8 Å². The molecule has 0 unspecified atom stereocenters. The Hall–Kier alpha value is -3.16. The summed E-state index contributed by atoms with van der Waals surface area (Å²) in [6.07, 6.45) is 7.40. The zero-order valence-corrected chi connectivity index (χ0v) is 16.4. The van der Waals surface area contributed by atoms with Crippen molar-refractivity contribution in [1.29, 1.82) is 0 Å². The molecule has 3 aromatic rings. The Labute approximate surface area is 163 Å². The summed E-state index contributed by atoms with van der Waals surface area (Å²) in [5.74, 6) is 0.137. The largest absolute Gasteiger partial charge is 0.379 e. The smallest absolute Gasteiger partial charge is 0.252 e. The number of amides is 1. The van der Waals surface area contributed by atoms with Crippen LogP contribution in [-0.4, -0.2) is 38.5 Å². The Balaban J connectivity index is 0.00000109. The number of carbonyl (C=O) groups is 2. The van der Waals surface area contributed by atoms with Gasteiger partial charge in [0.15, 0.2) is 0 Å². The number of hydrogen-bond acceptors (Lipinski definition) is 5. The van der Waals surface area contributed by atoms with Gasteiger partial charge in [-0.15, -0.1) is 0 Å². The predicted molar refractivity (Wildman–Crippen MR) is 108 cm³/mol. The molecule has 0 aromatic carbocycles. The van der Waals surface area contributed by atoms with Crippen LogP contribution in [0.2, 0.25) is 0 Å². The van der Waals surface area contributed by atoms with Crippen molar-refractivity contribution in [3.8, 4) is 11.3 Å². The first kappa shape index (κ1) is 19.6. The van der Waals surface area contributed by atoms with E-state index in [0.717, 1.165) is 28.9 Å². The first-order valence-electron chi connectivity index (χ1n) is 9.24. The lowest BCUT2D eigenvalue weighted by molar-refractivity contribution is -0.0980. The highest BCUT2D eigenvalue weighted by atomic mass is 16.1. The predicted octanol–water partition coefficient (Wildman–Crippen LogP) is 2.88. The van der Waals surface area contributed by atoms with Crippen molar-refractivity contribution in [1.82, 2.24) is 19.8 Å². The molecule has 0 aliphatic heterocycles. The summed E-state index contributed by atoms with van der Waals surface area (Å²) < 4.78 is 1.77. The molecule has 1 aliphatic carbocycles. The van der Waals surface area contributed by atoms with E-state index >= 15 is 0 Å². The number of primary amides is 1. The second-order valence-corrected chi connectivity index (χ2v) is 7.82. The van der Waals surface area contributed by atoms with Gasteiger partial charge in [-0.2, -0.15) is 10.2 Å². The number of nitrogens with two attached hydrogens (primary N) is 1. The second-order valence-electron chi connectivity index (χ2n) is 7.82. The number of nitrogens with one attached hydrogen (secondary N) is 2. The van der Waals surface area contributed by atoms with E-state index in [1.807, 2.05) is 25.1 Å². The molecule has 2 atom stereocenters. The van der Waals surface area contributed by atoms with Gasteiger partial charge in [0.05, 0.1) is 28.7 Å². The minimum absolute atomic E-state index is 0.133. The molecule has 4 rings (SSSR count). The van der Waals surface area contributed by atoms with Crippen LogP contribution in [0.5, 0.6) is 0 Å². The van der Waals surface area contributed by atoms with Crippen molar-refractivity contribution in [2.75, 3.05) is 5.32 Å². The van der Waals surface area contributed by atoms with E-state index in [0.29, 0.717) is 11.5 Å². The zero-order chi connectivity index (χ0) is 20.5. The zero-order valence-electron chi connectivity index (χ0n) is 16.4. The number of hydrogen-bond donors (Lipinski definition) is 3. The van der Waals surface area contributed by atoms with Gasteiger partial charge in [0.1, 0.15) is 6.79 Å². The molecular formula is C20H26N6O2. The van der Waals surface area contributed by atoms with E-state index < -0.39 is 5.91 Å². The summed E-state index contributed by atoms with van der Waals surface area (Å²) >= 11 is 0. The van der Waals surface area contributed by atoms with Gasteiger partial charge >= 0.3 is 0 Å². The van der Waals surface area contributed by atoms with Crippen LogP contribution in [0.4, 0.5) is 5.69 Å². The van der Waals surface area contributed by atoms with E-state index in [2.05, 4.69) is 41.4 Å². The lowest BCUT2D eigenvalue weighted by Gasteiger charge is -2.33. The average Bonchev–Trinajstić information content (AvgIpc) is 3.39. The fraction of sp³-hybridized carbons (Fsp3) is 0.400. The molecule has 28 heavy (non-hydrogen) atoms. The quantitative estimate of drug-likeness (QED) is 0.641.